The van der Waals surface area contributed by atoms with Gasteiger partial charge in [0.15, 0.2) is 17.7 Å². The Hall–Kier alpha value is -4.27. The minimum atomic E-state index is -2.72. The zero-order valence-electron chi connectivity index (χ0n) is 28.5. The molecule has 2 aromatic carbocycles. The maximum absolute atomic E-state index is 14.2. The number of primary amides is 1. The minimum absolute atomic E-state index is 0.0268. The van der Waals surface area contributed by atoms with E-state index in [-0.39, 0.29) is 35.8 Å². The number of benzene rings is 2. The highest BCUT2D eigenvalue weighted by Gasteiger charge is 2.63. The van der Waals surface area contributed by atoms with Gasteiger partial charge in [0, 0.05) is 30.7 Å². The minimum Gasteiger partial charge on any atom is -0.510 e. The van der Waals surface area contributed by atoms with Crippen molar-refractivity contribution in [3.05, 3.63) is 69.7 Å². The fraction of sp³-hybridized carbons (Fsp3) is 0.472. The molecule has 0 fully saturated rings. The molecule has 0 saturated heterocycles. The lowest BCUT2D eigenvalue weighted by atomic mass is 9.58. The molecule has 264 valence electrons. The monoisotopic (exact) mass is 679 g/mol. The third kappa shape index (κ3) is 5.99. The van der Waals surface area contributed by atoms with Crippen LogP contribution in [0, 0.1) is 17.8 Å². The van der Waals surface area contributed by atoms with Crippen molar-refractivity contribution in [2.24, 2.45) is 23.5 Å². The molecule has 0 aromatic heterocycles. The molecule has 8 N–H and O–H groups in total. The van der Waals surface area contributed by atoms with Crippen molar-refractivity contribution < 1.29 is 49.4 Å². The first-order valence-corrected chi connectivity index (χ1v) is 16.2. The Morgan fingerprint density at radius 2 is 1.80 bits per heavy atom. The predicted octanol–water partition coefficient (Wildman–Crippen LogP) is 2.27. The molecule has 3 aliphatic carbocycles. The molecular weight excluding hydrogens is 634 g/mol. The first-order chi connectivity index (χ1) is 23.1. The van der Waals surface area contributed by atoms with Gasteiger partial charge in [-0.2, -0.15) is 0 Å². The number of phenolic OH excluding ortho intramolecular Hbond substituents is 1. The summed E-state index contributed by atoms with van der Waals surface area (Å²) in [6.45, 7) is 4.48. The van der Waals surface area contributed by atoms with E-state index in [4.69, 9.17) is 15.2 Å². The topological polar surface area (TPSA) is 212 Å². The number of nitrogens with zero attached hydrogens (tertiary/aromatic N) is 1. The van der Waals surface area contributed by atoms with Gasteiger partial charge >= 0.3 is 0 Å². The Morgan fingerprint density at radius 1 is 1.10 bits per heavy atom. The second-order valence-electron chi connectivity index (χ2n) is 13.7. The Morgan fingerprint density at radius 3 is 2.39 bits per heavy atom. The number of phenols is 1. The SMILES string of the molecule is COc1ccc(CNC(CC(C)C)[C@H](O)OC)cc1-c1ccc(O)c2c1C[C@H]1C[C@H]3[C@H](N(C)C)C(O)=C(C(N)=O)C(=O)[C@@]3(O)C(O)=C1C2=O. The van der Waals surface area contributed by atoms with Gasteiger partial charge in [-0.15, -0.1) is 0 Å². The first kappa shape index (κ1) is 36.0. The van der Waals surface area contributed by atoms with Crippen molar-refractivity contribution in [1.82, 2.24) is 10.2 Å². The van der Waals surface area contributed by atoms with E-state index < -0.39 is 64.3 Å². The van der Waals surface area contributed by atoms with E-state index in [9.17, 15) is 39.9 Å². The highest BCUT2D eigenvalue weighted by Crippen LogP contribution is 2.53. The van der Waals surface area contributed by atoms with Gasteiger partial charge in [-0.25, -0.2) is 0 Å². The number of Topliss-reactive ketones (excluding diaryl/α,β-unsaturated/α-hetero) is 2. The summed E-state index contributed by atoms with van der Waals surface area (Å²) >= 11 is 0. The number of methoxy groups -OCH3 is 2. The molecule has 0 spiro atoms. The lowest BCUT2D eigenvalue weighted by molar-refractivity contribution is -0.148. The maximum Gasteiger partial charge on any atom is 0.255 e. The number of ketones is 2. The van der Waals surface area contributed by atoms with Crippen LogP contribution in [-0.2, 0) is 27.3 Å². The van der Waals surface area contributed by atoms with Crippen molar-refractivity contribution in [2.75, 3.05) is 28.3 Å². The fourth-order valence-corrected chi connectivity index (χ4v) is 7.80. The van der Waals surface area contributed by atoms with Crippen LogP contribution in [0.1, 0.15) is 48.2 Å². The highest BCUT2D eigenvalue weighted by atomic mass is 16.6. The Labute approximate surface area is 284 Å². The fourth-order valence-electron chi connectivity index (χ4n) is 7.80. The summed E-state index contributed by atoms with van der Waals surface area (Å²) in [6, 6.07) is 7.19. The van der Waals surface area contributed by atoms with Crippen LogP contribution in [0.25, 0.3) is 11.1 Å². The number of ether oxygens (including phenoxy) is 2. The lowest BCUT2D eigenvalue weighted by Gasteiger charge is -2.50. The number of aliphatic hydroxyl groups is 4. The van der Waals surface area contributed by atoms with Crippen LogP contribution in [0.3, 0.4) is 0 Å². The van der Waals surface area contributed by atoms with Crippen molar-refractivity contribution in [2.45, 2.75) is 63.6 Å². The second kappa shape index (κ2) is 13.6. The number of hydrogen-bond acceptors (Lipinski definition) is 12. The quantitative estimate of drug-likeness (QED) is 0.135. The number of nitrogens with two attached hydrogens (primary N) is 1. The summed E-state index contributed by atoms with van der Waals surface area (Å²) in [5, 5.41) is 59.3. The van der Waals surface area contributed by atoms with Gasteiger partial charge in [0.2, 0.25) is 5.78 Å². The number of amides is 1. The number of likely N-dealkylation sites (N-methyl/N-ethyl adjacent to an activating group) is 1. The molecule has 1 unspecified atom stereocenters. The second-order valence-corrected chi connectivity index (χ2v) is 13.7. The number of carbonyl (C=O) groups is 3. The number of carbonyl (C=O) groups excluding carboxylic acids is 3. The molecule has 0 bridgehead atoms. The molecule has 0 heterocycles. The van der Waals surface area contributed by atoms with Crippen LogP contribution in [0.15, 0.2) is 53.0 Å². The van der Waals surface area contributed by atoms with Gasteiger partial charge in [0.05, 0.1) is 24.8 Å². The van der Waals surface area contributed by atoms with E-state index in [1.165, 1.54) is 25.2 Å². The zero-order valence-corrected chi connectivity index (χ0v) is 28.5. The predicted molar refractivity (Wildman–Crippen MR) is 179 cm³/mol. The number of hydrogen-bond donors (Lipinski definition) is 7. The molecule has 6 atom stereocenters. The van der Waals surface area contributed by atoms with Crippen LogP contribution in [-0.4, -0.2) is 100 Å². The first-order valence-electron chi connectivity index (χ1n) is 16.2. The molecule has 0 saturated carbocycles. The van der Waals surface area contributed by atoms with Crippen LogP contribution in [0.4, 0.5) is 0 Å². The Balaban J connectivity index is 1.60. The van der Waals surface area contributed by atoms with Crippen molar-refractivity contribution in [3.63, 3.8) is 0 Å². The van der Waals surface area contributed by atoms with E-state index >= 15 is 0 Å². The number of rotatable bonds is 11. The molecule has 1 amide bonds. The molecule has 2 aromatic rings. The number of allylic oxidation sites excluding steroid dienone is 1. The van der Waals surface area contributed by atoms with Gasteiger partial charge in [0.1, 0.15) is 28.6 Å². The van der Waals surface area contributed by atoms with Gasteiger partial charge < -0.3 is 46.1 Å². The van der Waals surface area contributed by atoms with Crippen LogP contribution < -0.4 is 15.8 Å². The smallest absolute Gasteiger partial charge is 0.255 e. The molecular formula is C36H45N3O10. The molecule has 3 aliphatic rings. The Bertz CT molecular complexity index is 1750. The summed E-state index contributed by atoms with van der Waals surface area (Å²) in [4.78, 5) is 41.6. The largest absolute Gasteiger partial charge is 0.510 e. The molecule has 5 rings (SSSR count). The van der Waals surface area contributed by atoms with E-state index in [1.807, 2.05) is 12.1 Å². The molecule has 49 heavy (non-hydrogen) atoms. The summed E-state index contributed by atoms with van der Waals surface area (Å²) in [5.74, 6) is -6.30. The van der Waals surface area contributed by atoms with E-state index in [2.05, 4.69) is 19.2 Å². The van der Waals surface area contributed by atoms with E-state index in [1.54, 1.807) is 26.2 Å². The number of aliphatic hydroxyl groups excluding tert-OH is 3. The van der Waals surface area contributed by atoms with Crippen LogP contribution >= 0.6 is 0 Å². The van der Waals surface area contributed by atoms with E-state index in [0.717, 1.165) is 5.56 Å². The number of nitrogens with one attached hydrogen (secondary N) is 1. The normalized spacial score (nSPS) is 24.9. The van der Waals surface area contributed by atoms with Crippen LogP contribution in [0.2, 0.25) is 0 Å². The molecule has 13 nitrogen and oxygen atoms in total. The van der Waals surface area contributed by atoms with Crippen molar-refractivity contribution in [1.29, 1.82) is 0 Å². The van der Waals surface area contributed by atoms with Gasteiger partial charge in [-0.3, -0.25) is 19.3 Å². The average Bonchev–Trinajstić information content (AvgIpc) is 3.03. The summed E-state index contributed by atoms with van der Waals surface area (Å²) in [7, 11) is 6.13. The van der Waals surface area contributed by atoms with Crippen molar-refractivity contribution >= 4 is 17.5 Å². The third-order valence-electron chi connectivity index (χ3n) is 10.0. The van der Waals surface area contributed by atoms with E-state index in [0.29, 0.717) is 41.3 Å². The van der Waals surface area contributed by atoms with Gasteiger partial charge in [-0.1, -0.05) is 26.0 Å². The highest BCUT2D eigenvalue weighted by molar-refractivity contribution is 6.25. The van der Waals surface area contributed by atoms with Gasteiger partial charge in [-0.05, 0) is 80.1 Å². The summed E-state index contributed by atoms with van der Waals surface area (Å²) in [5.41, 5.74) is 4.08. The number of aromatic hydroxyl groups is 1. The standard InChI is InChI=1S/C36H45N3O10/c1-16(2)11-23(35(46)49-6)38-15-17-7-10-25(48-5)20(12-17)19-8-9-24(40)27-21(19)13-18-14-22-29(39(3)4)31(42)28(34(37)45)33(44)36(22,47)32(43)26(18)30(27)41/h7-10,12,16,18,22-23,29,35,38,40,42-43,46-47H,11,13-15H2,1-6H3,(H2,37,45)/t18-,22-,23?,29-,35+,36-/m0/s1. The van der Waals surface area contributed by atoms with Gasteiger partial charge in [0.25, 0.3) is 5.91 Å². The molecule has 0 aliphatic heterocycles. The van der Waals surface area contributed by atoms with Crippen molar-refractivity contribution in [3.8, 4) is 22.6 Å². The lowest BCUT2D eigenvalue weighted by Crippen LogP contribution is -2.63. The molecule has 13 heteroatoms. The average molecular weight is 680 g/mol. The zero-order chi connectivity index (χ0) is 36.1. The Kier molecular flexibility index (Phi) is 9.97. The summed E-state index contributed by atoms with van der Waals surface area (Å²) in [6.07, 6.45) is -0.237. The molecule has 0 radical (unpaired) electrons. The maximum atomic E-state index is 14.2. The number of fused-ring (bicyclic) bond motifs is 3. The third-order valence-corrected chi connectivity index (χ3v) is 10.0. The van der Waals surface area contributed by atoms with Crippen LogP contribution in [0.5, 0.6) is 11.5 Å². The summed E-state index contributed by atoms with van der Waals surface area (Å²) < 4.78 is 10.9.